The summed E-state index contributed by atoms with van der Waals surface area (Å²) in [7, 11) is 3.50. The van der Waals surface area contributed by atoms with Crippen molar-refractivity contribution >= 4 is 28.9 Å². The minimum atomic E-state index is -0.636. The zero-order valence-electron chi connectivity index (χ0n) is 20.6. The number of hydrogen-bond donors (Lipinski definition) is 3. The van der Waals surface area contributed by atoms with Crippen LogP contribution in [0.2, 0.25) is 0 Å². The van der Waals surface area contributed by atoms with Crippen LogP contribution in [0.5, 0.6) is 0 Å². The van der Waals surface area contributed by atoms with Gasteiger partial charge in [-0.25, -0.2) is 4.98 Å². The number of rotatable bonds is 6. The molecular weight excluding hydrogens is 460 g/mol. The minimum absolute atomic E-state index is 0.00254. The summed E-state index contributed by atoms with van der Waals surface area (Å²) in [5, 5.41) is 19.4. The molecule has 190 valence electrons. The first kappa shape index (κ1) is 25.2. The maximum absolute atomic E-state index is 13.1. The lowest BCUT2D eigenvalue weighted by atomic mass is 9.86. The number of nitrogens with two attached hydrogens (primary N) is 1. The lowest BCUT2D eigenvalue weighted by Crippen LogP contribution is -2.29. The van der Waals surface area contributed by atoms with Crippen LogP contribution in [-0.4, -0.2) is 45.3 Å². The molecular formula is C25H32N8O3. The smallest absolute Gasteiger partial charge is 0.274 e. The van der Waals surface area contributed by atoms with Crippen molar-refractivity contribution in [3.05, 3.63) is 46.5 Å². The van der Waals surface area contributed by atoms with Crippen molar-refractivity contribution in [3.63, 3.8) is 0 Å². The normalized spacial score (nSPS) is 19.5. The van der Waals surface area contributed by atoms with Crippen LogP contribution in [0.4, 0.5) is 17.3 Å². The van der Waals surface area contributed by atoms with Gasteiger partial charge in [0.25, 0.3) is 11.5 Å². The number of hydrogen-bond acceptors (Lipinski definition) is 8. The second-order valence-corrected chi connectivity index (χ2v) is 9.13. The van der Waals surface area contributed by atoms with Gasteiger partial charge in [-0.1, -0.05) is 6.42 Å². The highest BCUT2D eigenvalue weighted by Crippen LogP contribution is 2.31. The first-order valence-electron chi connectivity index (χ1n) is 12.2. The zero-order valence-corrected chi connectivity index (χ0v) is 20.6. The summed E-state index contributed by atoms with van der Waals surface area (Å²) >= 11 is 0. The van der Waals surface area contributed by atoms with Gasteiger partial charge in [-0.15, -0.1) is 0 Å². The molecule has 36 heavy (non-hydrogen) atoms. The molecule has 3 aromatic heterocycles. The van der Waals surface area contributed by atoms with Gasteiger partial charge in [-0.3, -0.25) is 9.59 Å². The van der Waals surface area contributed by atoms with Gasteiger partial charge in [0.15, 0.2) is 5.65 Å². The fourth-order valence-electron chi connectivity index (χ4n) is 4.55. The monoisotopic (exact) mass is 492 g/mol. The van der Waals surface area contributed by atoms with E-state index in [0.717, 1.165) is 19.3 Å². The van der Waals surface area contributed by atoms with Crippen molar-refractivity contribution in [2.24, 2.45) is 11.7 Å². The average molecular weight is 493 g/mol. The Morgan fingerprint density at radius 1 is 1.28 bits per heavy atom. The first-order chi connectivity index (χ1) is 17.4. The number of primary amides is 1. The van der Waals surface area contributed by atoms with E-state index in [2.05, 4.69) is 26.8 Å². The summed E-state index contributed by atoms with van der Waals surface area (Å²) < 4.78 is 8.15. The number of methoxy groups -OCH3 is 1. The summed E-state index contributed by atoms with van der Waals surface area (Å²) in [5.41, 5.74) is 6.07. The van der Waals surface area contributed by atoms with Crippen LogP contribution in [0, 0.1) is 17.2 Å². The highest BCUT2D eigenvalue weighted by molar-refractivity contribution is 5.98. The number of nitrogens with zero attached hydrogens (tertiary/aromatic N) is 5. The van der Waals surface area contributed by atoms with Gasteiger partial charge in [-0.05, 0) is 50.7 Å². The average Bonchev–Trinajstić information content (AvgIpc) is 3.29. The molecule has 1 amide bonds. The molecule has 0 saturated heterocycles. The summed E-state index contributed by atoms with van der Waals surface area (Å²) in [4.78, 5) is 29.2. The molecule has 2 saturated carbocycles. The lowest BCUT2D eigenvalue weighted by Gasteiger charge is -2.27. The topological polar surface area (TPSA) is 152 Å². The molecule has 0 bridgehead atoms. The zero-order chi connectivity index (χ0) is 25.7. The number of carbonyl (C=O) groups excluding carboxylic acids is 1. The van der Waals surface area contributed by atoms with Crippen molar-refractivity contribution < 1.29 is 9.53 Å². The Balaban J connectivity index is 0.000000445. The van der Waals surface area contributed by atoms with Crippen LogP contribution in [0.3, 0.4) is 0 Å². The third-order valence-electron chi connectivity index (χ3n) is 6.84. The Bertz CT molecular complexity index is 1320. The van der Waals surface area contributed by atoms with Crippen molar-refractivity contribution in [1.82, 2.24) is 19.2 Å². The fraction of sp³-hybridized carbons (Fsp3) is 0.480. The number of nitriles is 1. The number of carbonyl (C=O) groups is 1. The van der Waals surface area contributed by atoms with Crippen LogP contribution in [0.15, 0.2) is 35.4 Å². The Morgan fingerprint density at radius 2 is 2.06 bits per heavy atom. The van der Waals surface area contributed by atoms with Crippen molar-refractivity contribution in [2.45, 2.75) is 57.1 Å². The van der Waals surface area contributed by atoms with Crippen molar-refractivity contribution in [3.8, 4) is 6.07 Å². The molecule has 2 unspecified atom stereocenters. The maximum Gasteiger partial charge on any atom is 0.274 e. The summed E-state index contributed by atoms with van der Waals surface area (Å²) in [5.74, 6) is 0.297. The molecule has 0 radical (unpaired) electrons. The molecule has 2 aliphatic carbocycles. The van der Waals surface area contributed by atoms with Gasteiger partial charge in [0.05, 0.1) is 18.4 Å². The number of nitrogens with one attached hydrogen (secondary N) is 2. The van der Waals surface area contributed by atoms with Crippen LogP contribution in [-0.2, 0) is 4.74 Å². The molecule has 2 aliphatic rings. The lowest BCUT2D eigenvalue weighted by molar-refractivity contribution is 0.0412. The Hall–Kier alpha value is -3.91. The predicted octanol–water partition coefficient (Wildman–Crippen LogP) is 3.22. The molecule has 0 aliphatic heterocycles. The van der Waals surface area contributed by atoms with E-state index in [0.29, 0.717) is 29.8 Å². The summed E-state index contributed by atoms with van der Waals surface area (Å²) in [6.45, 7) is 0. The largest absolute Gasteiger partial charge is 0.381 e. The molecule has 2 atom stereocenters. The number of pyridine rings is 1. The third kappa shape index (κ3) is 5.33. The number of ether oxygens (including phenoxy) is 1. The Labute approximate surface area is 209 Å². The van der Waals surface area contributed by atoms with E-state index in [1.54, 1.807) is 43.1 Å². The van der Waals surface area contributed by atoms with Crippen molar-refractivity contribution in [2.75, 3.05) is 24.8 Å². The van der Waals surface area contributed by atoms with E-state index >= 15 is 0 Å². The van der Waals surface area contributed by atoms with Crippen LogP contribution < -0.4 is 21.9 Å². The minimum Gasteiger partial charge on any atom is -0.381 e. The standard InChI is InChI=1S/C20H22N8O2.C5H10O/c1-23-17-9-16(26-19-14(18(22)29)11-24-28(17)19)25-15-6-3-7-27(20(15)30)13-5-2-4-12(8-13)10-21;1-6-5-3-2-4-5/h3,6-7,9,11-13,23H,2,4-5,8H2,1H3,(H2,22,29)(H,25,26);5H,2-4H2,1H3. The molecule has 0 aromatic carbocycles. The van der Waals surface area contributed by atoms with Gasteiger partial charge < -0.3 is 25.7 Å². The van der Waals surface area contributed by atoms with Gasteiger partial charge in [0.1, 0.15) is 22.9 Å². The maximum atomic E-state index is 13.1. The number of anilines is 3. The highest BCUT2D eigenvalue weighted by Gasteiger charge is 2.24. The first-order valence-corrected chi connectivity index (χ1v) is 12.2. The van der Waals surface area contributed by atoms with Crippen molar-refractivity contribution in [1.29, 1.82) is 5.26 Å². The van der Waals surface area contributed by atoms with Crippen LogP contribution in [0.1, 0.15) is 61.3 Å². The predicted molar refractivity (Wildman–Crippen MR) is 136 cm³/mol. The quantitative estimate of drug-likeness (QED) is 0.474. The molecule has 3 heterocycles. The Morgan fingerprint density at radius 3 is 2.67 bits per heavy atom. The van der Waals surface area contributed by atoms with E-state index in [9.17, 15) is 14.9 Å². The molecule has 5 rings (SSSR count). The number of aromatic nitrogens is 4. The number of amides is 1. The third-order valence-corrected chi connectivity index (χ3v) is 6.84. The van der Waals surface area contributed by atoms with Gasteiger partial charge in [0.2, 0.25) is 0 Å². The van der Waals surface area contributed by atoms with Gasteiger partial charge >= 0.3 is 0 Å². The molecule has 4 N–H and O–H groups in total. The molecule has 3 aromatic rings. The second-order valence-electron chi connectivity index (χ2n) is 9.13. The van der Waals surface area contributed by atoms with Crippen LogP contribution >= 0.6 is 0 Å². The van der Waals surface area contributed by atoms with Crippen LogP contribution in [0.25, 0.3) is 5.65 Å². The SMILES string of the molecule is CNc1cc(Nc2cccn(C3CCCC(C#N)C3)c2=O)nc2c(C(N)=O)cnn12.COC1CCC1. The fourth-order valence-corrected chi connectivity index (χ4v) is 4.55. The van der Waals surface area contributed by atoms with E-state index in [-0.39, 0.29) is 28.7 Å². The molecule has 2 fully saturated rings. The van der Waals surface area contributed by atoms with E-state index in [4.69, 9.17) is 10.5 Å². The number of fused-ring (bicyclic) bond motifs is 1. The summed E-state index contributed by atoms with van der Waals surface area (Å²) in [6, 6.07) is 7.49. The second kappa shape index (κ2) is 11.2. The van der Waals surface area contributed by atoms with Gasteiger partial charge in [-0.2, -0.15) is 14.9 Å². The molecule has 11 heteroatoms. The molecule has 11 nitrogen and oxygen atoms in total. The molecule has 0 spiro atoms. The van der Waals surface area contributed by atoms with E-state index in [1.165, 1.54) is 30.0 Å². The Kier molecular flexibility index (Phi) is 7.85. The summed E-state index contributed by atoms with van der Waals surface area (Å²) in [6.07, 6.45) is 11.0. The van der Waals surface area contributed by atoms with E-state index in [1.807, 2.05) is 0 Å². The van der Waals surface area contributed by atoms with E-state index < -0.39 is 5.91 Å². The highest BCUT2D eigenvalue weighted by atomic mass is 16.5. The van der Waals surface area contributed by atoms with Gasteiger partial charge in [0, 0.05) is 38.4 Å².